The van der Waals surface area contributed by atoms with E-state index in [4.69, 9.17) is 20.9 Å². The standard InChI is InChI=1S/C10H16N3O3PS/c1-3-15-17(18,16-4-2)12-11-9-10-7-5-6-8-13(10)14/h5-9,14H,3-4H2,1-2H3/b10-9+,12-11?. The van der Waals surface area contributed by atoms with E-state index in [-0.39, 0.29) is 0 Å². The fraction of sp³-hybridized carbons (Fsp3) is 0.400. The first-order valence-electron chi connectivity index (χ1n) is 5.46. The molecule has 0 amide bonds. The van der Waals surface area contributed by atoms with E-state index < -0.39 is 6.64 Å². The van der Waals surface area contributed by atoms with E-state index in [0.717, 1.165) is 5.06 Å². The molecule has 6 nitrogen and oxygen atoms in total. The highest BCUT2D eigenvalue weighted by atomic mass is 32.5. The highest BCUT2D eigenvalue weighted by Crippen LogP contribution is 2.50. The Morgan fingerprint density at radius 2 is 2.06 bits per heavy atom. The summed E-state index contributed by atoms with van der Waals surface area (Å²) in [6.07, 6.45) is 8.03. The van der Waals surface area contributed by atoms with Gasteiger partial charge in [0.25, 0.3) is 0 Å². The van der Waals surface area contributed by atoms with E-state index in [1.54, 1.807) is 18.2 Å². The van der Waals surface area contributed by atoms with Crippen LogP contribution in [-0.2, 0) is 20.9 Å². The van der Waals surface area contributed by atoms with E-state index in [1.165, 1.54) is 12.4 Å². The molecule has 0 fully saturated rings. The van der Waals surface area contributed by atoms with Crippen molar-refractivity contribution in [2.24, 2.45) is 10.00 Å². The van der Waals surface area contributed by atoms with Gasteiger partial charge in [-0.2, -0.15) is 5.11 Å². The van der Waals surface area contributed by atoms with Crippen molar-refractivity contribution >= 4 is 18.4 Å². The van der Waals surface area contributed by atoms with Gasteiger partial charge in [-0.1, -0.05) is 6.08 Å². The molecule has 1 aliphatic rings. The topological polar surface area (TPSA) is 66.7 Å². The van der Waals surface area contributed by atoms with Crippen molar-refractivity contribution in [1.29, 1.82) is 0 Å². The smallest absolute Gasteiger partial charge is 0.312 e. The highest BCUT2D eigenvalue weighted by molar-refractivity contribution is 8.09. The van der Waals surface area contributed by atoms with E-state index >= 15 is 0 Å². The van der Waals surface area contributed by atoms with Gasteiger partial charge in [-0.05, 0) is 37.8 Å². The number of hydrogen-bond acceptors (Lipinski definition) is 6. The maximum Gasteiger partial charge on any atom is 0.327 e. The lowest BCUT2D eigenvalue weighted by atomic mass is 10.3. The van der Waals surface area contributed by atoms with Crippen LogP contribution in [0.4, 0.5) is 0 Å². The summed E-state index contributed by atoms with van der Waals surface area (Å²) in [4.78, 5) is 3.90. The first-order valence-corrected chi connectivity index (χ1v) is 8.05. The molecule has 0 radical (unpaired) electrons. The molecular formula is C10H16N3O3PS. The molecule has 0 atom stereocenters. The Hall–Kier alpha value is -0.850. The Labute approximate surface area is 111 Å². The largest absolute Gasteiger partial charge is 0.327 e. The van der Waals surface area contributed by atoms with Crippen LogP contribution in [0.1, 0.15) is 13.8 Å². The minimum atomic E-state index is -2.70. The molecule has 0 aromatic rings. The van der Waals surface area contributed by atoms with Gasteiger partial charge in [-0.25, -0.2) is 5.06 Å². The lowest BCUT2D eigenvalue weighted by molar-refractivity contribution is -0.000517. The number of nitrogens with zero attached hydrogens (tertiary/aromatic N) is 3. The van der Waals surface area contributed by atoms with Crippen molar-refractivity contribution < 1.29 is 14.3 Å². The summed E-state index contributed by atoms with van der Waals surface area (Å²) in [6.45, 7) is 1.77. The van der Waals surface area contributed by atoms with Crippen molar-refractivity contribution in [2.75, 3.05) is 13.2 Å². The third-order valence-electron chi connectivity index (χ3n) is 1.81. The molecule has 8 heteroatoms. The van der Waals surface area contributed by atoms with Crippen LogP contribution in [0.3, 0.4) is 0 Å². The van der Waals surface area contributed by atoms with Crippen LogP contribution < -0.4 is 0 Å². The van der Waals surface area contributed by atoms with Crippen LogP contribution in [-0.4, -0.2) is 23.5 Å². The van der Waals surface area contributed by atoms with Crippen molar-refractivity contribution in [1.82, 2.24) is 5.06 Å². The maximum atomic E-state index is 9.45. The van der Waals surface area contributed by atoms with Gasteiger partial charge in [-0.3, -0.25) is 5.21 Å². The fourth-order valence-corrected chi connectivity index (χ4v) is 2.88. The van der Waals surface area contributed by atoms with Gasteiger partial charge < -0.3 is 9.05 Å². The third-order valence-corrected chi connectivity index (χ3v) is 4.15. The Kier molecular flexibility index (Phi) is 6.38. The van der Waals surface area contributed by atoms with Crippen molar-refractivity contribution in [3.05, 3.63) is 36.3 Å². The maximum absolute atomic E-state index is 9.45. The molecule has 0 saturated heterocycles. The summed E-state index contributed by atoms with van der Waals surface area (Å²) < 4.78 is 10.6. The van der Waals surface area contributed by atoms with Gasteiger partial charge in [-0.15, -0.1) is 4.88 Å². The second kappa shape index (κ2) is 7.56. The van der Waals surface area contributed by atoms with E-state index in [1.807, 2.05) is 13.8 Å². The van der Waals surface area contributed by atoms with E-state index in [2.05, 4.69) is 10.00 Å². The van der Waals surface area contributed by atoms with Gasteiger partial charge in [0.1, 0.15) is 0 Å². The quantitative estimate of drug-likeness (QED) is 0.600. The molecular weight excluding hydrogens is 273 g/mol. The van der Waals surface area contributed by atoms with Crippen LogP contribution in [0.5, 0.6) is 0 Å². The number of allylic oxidation sites excluding steroid dienone is 3. The molecule has 0 saturated carbocycles. The SMILES string of the molecule is CCOP(=S)(N=N/C=C1\C=CC=CN1O)OCC. The van der Waals surface area contributed by atoms with Crippen LogP contribution in [0.25, 0.3) is 0 Å². The minimum absolute atomic E-state index is 0.418. The van der Waals surface area contributed by atoms with E-state index in [0.29, 0.717) is 18.9 Å². The third kappa shape index (κ3) is 4.80. The summed E-state index contributed by atoms with van der Waals surface area (Å²) in [6, 6.07) is 0. The summed E-state index contributed by atoms with van der Waals surface area (Å²) in [5.74, 6) is 0. The van der Waals surface area contributed by atoms with Gasteiger partial charge >= 0.3 is 6.64 Å². The molecule has 1 aliphatic heterocycles. The summed E-state index contributed by atoms with van der Waals surface area (Å²) >= 11 is 5.17. The molecule has 0 bridgehead atoms. The van der Waals surface area contributed by atoms with Gasteiger partial charge in [0, 0.05) is 6.20 Å². The van der Waals surface area contributed by atoms with Crippen LogP contribution in [0, 0.1) is 0 Å². The first kappa shape index (κ1) is 15.2. The molecule has 0 spiro atoms. The number of hydroxylamine groups is 2. The van der Waals surface area contributed by atoms with Crippen LogP contribution >= 0.6 is 6.64 Å². The molecule has 1 N–H and O–H groups in total. The number of rotatable bonds is 6. The van der Waals surface area contributed by atoms with E-state index in [9.17, 15) is 5.21 Å². The first-order chi connectivity index (χ1) is 8.61. The molecule has 0 unspecified atom stereocenters. The molecule has 0 aromatic heterocycles. The molecule has 1 heterocycles. The van der Waals surface area contributed by atoms with Gasteiger partial charge in [0.2, 0.25) is 0 Å². The summed E-state index contributed by atoms with van der Waals surface area (Å²) in [5.41, 5.74) is 0.482. The van der Waals surface area contributed by atoms with Crippen LogP contribution in [0.2, 0.25) is 0 Å². The Morgan fingerprint density at radius 1 is 1.39 bits per heavy atom. The lowest BCUT2D eigenvalue weighted by Gasteiger charge is -2.15. The average Bonchev–Trinajstić information content (AvgIpc) is 2.32. The molecule has 100 valence electrons. The highest BCUT2D eigenvalue weighted by Gasteiger charge is 2.16. The summed E-state index contributed by atoms with van der Waals surface area (Å²) in [5, 5.41) is 14.2. The number of hydrogen-bond donors (Lipinski definition) is 1. The second-order valence-electron chi connectivity index (χ2n) is 3.11. The zero-order chi connectivity index (χ0) is 13.4. The fourth-order valence-electron chi connectivity index (χ4n) is 1.11. The zero-order valence-corrected chi connectivity index (χ0v) is 12.0. The average molecular weight is 289 g/mol. The Balaban J connectivity index is 2.72. The molecule has 0 aliphatic carbocycles. The molecule has 0 aromatic carbocycles. The lowest BCUT2D eigenvalue weighted by Crippen LogP contribution is -2.10. The Morgan fingerprint density at radius 3 is 2.61 bits per heavy atom. The van der Waals surface area contributed by atoms with Crippen LogP contribution in [0.15, 0.2) is 46.3 Å². The monoisotopic (exact) mass is 289 g/mol. The predicted molar refractivity (Wildman–Crippen MR) is 72.4 cm³/mol. The van der Waals surface area contributed by atoms with Crippen molar-refractivity contribution in [3.63, 3.8) is 0 Å². The molecule has 18 heavy (non-hydrogen) atoms. The van der Waals surface area contributed by atoms with Crippen molar-refractivity contribution in [3.8, 4) is 0 Å². The second-order valence-corrected chi connectivity index (χ2v) is 6.12. The predicted octanol–water partition coefficient (Wildman–Crippen LogP) is 3.35. The zero-order valence-electron chi connectivity index (χ0n) is 10.3. The normalized spacial score (nSPS) is 18.2. The summed E-state index contributed by atoms with van der Waals surface area (Å²) in [7, 11) is 0. The Bertz CT molecular complexity index is 424. The van der Waals surface area contributed by atoms with Crippen molar-refractivity contribution in [2.45, 2.75) is 13.8 Å². The van der Waals surface area contributed by atoms with Gasteiger partial charge in [0.05, 0.1) is 25.1 Å². The molecule has 1 rings (SSSR count). The minimum Gasteiger partial charge on any atom is -0.312 e. The van der Waals surface area contributed by atoms with Gasteiger partial charge in [0.15, 0.2) is 0 Å².